The average Bonchev–Trinajstić information content (AvgIpc) is 2.42. The smallest absolute Gasteiger partial charge is 0.163 e. The van der Waals surface area contributed by atoms with E-state index in [-0.39, 0.29) is 6.10 Å². The molecule has 4 heteroatoms. The van der Waals surface area contributed by atoms with E-state index in [0.717, 1.165) is 5.75 Å². The quantitative estimate of drug-likeness (QED) is 0.746. The van der Waals surface area contributed by atoms with Crippen molar-refractivity contribution in [2.75, 3.05) is 25.2 Å². The topological polar surface area (TPSA) is 44.5 Å². The van der Waals surface area contributed by atoms with Gasteiger partial charge in [0.25, 0.3) is 0 Å². The predicted molar refractivity (Wildman–Crippen MR) is 55.8 cm³/mol. The van der Waals surface area contributed by atoms with Gasteiger partial charge in [-0.2, -0.15) is 11.8 Å². The van der Waals surface area contributed by atoms with Crippen LogP contribution in [0.3, 0.4) is 0 Å². The Kier molecular flexibility index (Phi) is 4.04. The van der Waals surface area contributed by atoms with Crippen LogP contribution < -0.4 is 5.73 Å². The van der Waals surface area contributed by atoms with Crippen molar-refractivity contribution in [3.05, 3.63) is 0 Å². The Labute approximate surface area is 84.3 Å². The Morgan fingerprint density at radius 3 is 2.69 bits per heavy atom. The summed E-state index contributed by atoms with van der Waals surface area (Å²) in [5.74, 6) is 1.04. The normalized spacial score (nSPS) is 29.1. The summed E-state index contributed by atoms with van der Waals surface area (Å²) < 4.78 is 11.2. The predicted octanol–water partition coefficient (Wildman–Crippen LogP) is 1.08. The molecule has 0 aromatic carbocycles. The van der Waals surface area contributed by atoms with Crippen LogP contribution in [0.15, 0.2) is 0 Å². The molecule has 0 aliphatic carbocycles. The molecule has 3 nitrogen and oxygen atoms in total. The van der Waals surface area contributed by atoms with E-state index in [9.17, 15) is 0 Å². The largest absolute Gasteiger partial charge is 0.348 e. The number of rotatable bonds is 4. The summed E-state index contributed by atoms with van der Waals surface area (Å²) >= 11 is 1.81. The van der Waals surface area contributed by atoms with Crippen molar-refractivity contribution < 1.29 is 9.47 Å². The van der Waals surface area contributed by atoms with E-state index in [4.69, 9.17) is 15.2 Å². The van der Waals surface area contributed by atoms with E-state index in [2.05, 4.69) is 6.26 Å². The maximum atomic E-state index is 5.74. The van der Waals surface area contributed by atoms with Gasteiger partial charge in [-0.05, 0) is 32.4 Å². The van der Waals surface area contributed by atoms with Gasteiger partial charge in [0.15, 0.2) is 5.79 Å². The van der Waals surface area contributed by atoms with E-state index in [0.29, 0.717) is 19.1 Å². The Morgan fingerprint density at radius 1 is 1.62 bits per heavy atom. The van der Waals surface area contributed by atoms with Crippen LogP contribution in [-0.4, -0.2) is 37.1 Å². The van der Waals surface area contributed by atoms with Crippen molar-refractivity contribution >= 4 is 11.8 Å². The third-order valence-corrected chi connectivity index (χ3v) is 3.00. The lowest BCUT2D eigenvalue weighted by Crippen LogP contribution is -2.33. The van der Waals surface area contributed by atoms with Gasteiger partial charge in [-0.25, -0.2) is 0 Å². The van der Waals surface area contributed by atoms with Gasteiger partial charge in [0.2, 0.25) is 0 Å². The van der Waals surface area contributed by atoms with Crippen LogP contribution in [0.5, 0.6) is 0 Å². The number of nitrogens with two attached hydrogens (primary N) is 1. The molecule has 0 radical (unpaired) electrons. The summed E-state index contributed by atoms with van der Waals surface area (Å²) in [7, 11) is 0. The van der Waals surface area contributed by atoms with Gasteiger partial charge in [0.1, 0.15) is 0 Å². The molecule has 2 atom stereocenters. The fourth-order valence-corrected chi connectivity index (χ4v) is 2.27. The lowest BCUT2D eigenvalue weighted by Gasteiger charge is -2.22. The van der Waals surface area contributed by atoms with Crippen LogP contribution in [0.25, 0.3) is 0 Å². The van der Waals surface area contributed by atoms with Gasteiger partial charge >= 0.3 is 0 Å². The highest BCUT2D eigenvalue weighted by atomic mass is 32.2. The zero-order valence-corrected chi connectivity index (χ0v) is 9.39. The number of hydrogen-bond donors (Lipinski definition) is 1. The van der Waals surface area contributed by atoms with Gasteiger partial charge in [-0.1, -0.05) is 0 Å². The molecule has 13 heavy (non-hydrogen) atoms. The van der Waals surface area contributed by atoms with E-state index < -0.39 is 5.79 Å². The van der Waals surface area contributed by atoms with E-state index in [1.165, 1.54) is 0 Å². The third-order valence-electron chi connectivity index (χ3n) is 2.24. The first-order chi connectivity index (χ1) is 6.09. The first kappa shape index (κ1) is 11.3. The van der Waals surface area contributed by atoms with E-state index in [1.54, 1.807) is 11.8 Å². The van der Waals surface area contributed by atoms with Crippen LogP contribution in [-0.2, 0) is 9.47 Å². The number of ether oxygens (including phenoxy) is 2. The van der Waals surface area contributed by atoms with Crippen molar-refractivity contribution in [1.29, 1.82) is 0 Å². The molecule has 0 bridgehead atoms. The first-order valence-corrected chi connectivity index (χ1v) is 5.99. The second-order valence-corrected chi connectivity index (χ2v) is 4.73. The van der Waals surface area contributed by atoms with Crippen LogP contribution in [0.4, 0.5) is 0 Å². The van der Waals surface area contributed by atoms with Gasteiger partial charge in [-0.15, -0.1) is 0 Å². The summed E-state index contributed by atoms with van der Waals surface area (Å²) in [6.45, 7) is 5.24. The lowest BCUT2D eigenvalue weighted by molar-refractivity contribution is -0.143. The Morgan fingerprint density at radius 2 is 2.31 bits per heavy atom. The monoisotopic (exact) mass is 205 g/mol. The highest BCUT2D eigenvalue weighted by molar-refractivity contribution is 7.98. The summed E-state index contributed by atoms with van der Waals surface area (Å²) in [5, 5.41) is 0. The minimum atomic E-state index is -0.420. The van der Waals surface area contributed by atoms with Crippen molar-refractivity contribution in [3.8, 4) is 0 Å². The summed E-state index contributed by atoms with van der Waals surface area (Å²) in [6, 6.07) is 0. The fourth-order valence-electron chi connectivity index (χ4n) is 1.49. The Balaban J connectivity index is 2.43. The van der Waals surface area contributed by atoms with Crippen LogP contribution >= 0.6 is 11.8 Å². The molecule has 0 aromatic rings. The first-order valence-electron chi connectivity index (χ1n) is 4.60. The zero-order chi connectivity index (χ0) is 9.90. The Bertz CT molecular complexity index is 164. The molecule has 1 saturated heterocycles. The van der Waals surface area contributed by atoms with Crippen molar-refractivity contribution in [1.82, 2.24) is 0 Å². The minimum Gasteiger partial charge on any atom is -0.348 e. The number of hydrogen-bond acceptors (Lipinski definition) is 4. The Hall–Kier alpha value is 0.230. The standard InChI is InChI=1S/C9H19NO2S/c1-9(2)11-5-8(12-9)7(4-10)6-13-3/h7-8H,4-6,10H2,1-3H3/t7-,8-/m0/s1. The SMILES string of the molecule is CSC[C@H](CN)[C@@H]1COC(C)(C)O1. The molecule has 0 saturated carbocycles. The van der Waals surface area contributed by atoms with Crippen molar-refractivity contribution in [3.63, 3.8) is 0 Å². The molecular weight excluding hydrogens is 186 g/mol. The highest BCUT2D eigenvalue weighted by Crippen LogP contribution is 2.27. The van der Waals surface area contributed by atoms with Crippen molar-refractivity contribution in [2.45, 2.75) is 25.7 Å². The molecule has 0 spiro atoms. The molecule has 2 N–H and O–H groups in total. The minimum absolute atomic E-state index is 0.174. The molecule has 1 aliphatic heterocycles. The molecule has 0 amide bonds. The fraction of sp³-hybridized carbons (Fsp3) is 1.00. The molecule has 0 aromatic heterocycles. The molecule has 1 rings (SSSR count). The second kappa shape index (κ2) is 4.64. The molecule has 0 unspecified atom stereocenters. The molecule has 1 aliphatic rings. The van der Waals surface area contributed by atoms with Gasteiger partial charge in [-0.3, -0.25) is 0 Å². The summed E-state index contributed by atoms with van der Waals surface area (Å²) in [6.07, 6.45) is 2.26. The van der Waals surface area contributed by atoms with Crippen LogP contribution in [0.2, 0.25) is 0 Å². The second-order valence-electron chi connectivity index (χ2n) is 3.82. The molecule has 1 heterocycles. The van der Waals surface area contributed by atoms with E-state index >= 15 is 0 Å². The van der Waals surface area contributed by atoms with Crippen LogP contribution in [0.1, 0.15) is 13.8 Å². The summed E-state index contributed by atoms with van der Waals surface area (Å²) in [4.78, 5) is 0. The summed E-state index contributed by atoms with van der Waals surface area (Å²) in [5.41, 5.74) is 5.68. The molecule has 78 valence electrons. The number of thioether (sulfide) groups is 1. The maximum Gasteiger partial charge on any atom is 0.163 e. The zero-order valence-electron chi connectivity index (χ0n) is 8.58. The highest BCUT2D eigenvalue weighted by Gasteiger charge is 2.36. The lowest BCUT2D eigenvalue weighted by atomic mass is 10.1. The van der Waals surface area contributed by atoms with Gasteiger partial charge in [0, 0.05) is 5.92 Å². The average molecular weight is 205 g/mol. The van der Waals surface area contributed by atoms with Gasteiger partial charge < -0.3 is 15.2 Å². The molecule has 1 fully saturated rings. The third kappa shape index (κ3) is 3.13. The van der Waals surface area contributed by atoms with Crippen LogP contribution in [0, 0.1) is 5.92 Å². The van der Waals surface area contributed by atoms with Crippen molar-refractivity contribution in [2.24, 2.45) is 11.7 Å². The van der Waals surface area contributed by atoms with E-state index in [1.807, 2.05) is 13.8 Å². The maximum absolute atomic E-state index is 5.74. The molecular formula is C9H19NO2S. The van der Waals surface area contributed by atoms with Gasteiger partial charge in [0.05, 0.1) is 12.7 Å².